The van der Waals surface area contributed by atoms with Crippen molar-refractivity contribution < 1.29 is 9.47 Å². The van der Waals surface area contributed by atoms with Crippen LogP contribution in [0.2, 0.25) is 0 Å². The van der Waals surface area contributed by atoms with Crippen LogP contribution in [0.5, 0.6) is 11.5 Å². The normalized spacial score (nSPS) is 15.3. The molecule has 0 bridgehead atoms. The molecule has 33 heavy (non-hydrogen) atoms. The number of benzene rings is 1. The Balaban J connectivity index is 1.69. The number of nitriles is 1. The first-order chi connectivity index (χ1) is 16.0. The summed E-state index contributed by atoms with van der Waals surface area (Å²) in [6.07, 6.45) is 5.08. The van der Waals surface area contributed by atoms with E-state index in [9.17, 15) is 4.79 Å². The van der Waals surface area contributed by atoms with Gasteiger partial charge < -0.3 is 9.47 Å². The smallest absolute Gasteiger partial charge is 0.263 e. The molecular weight excluding hydrogens is 454 g/mol. The molecule has 0 spiro atoms. The molecule has 0 aliphatic heterocycles. The number of unbranched alkanes of at least 4 members (excludes halogenated alkanes) is 1. The van der Waals surface area contributed by atoms with E-state index in [-0.39, 0.29) is 5.56 Å². The van der Waals surface area contributed by atoms with E-state index in [0.29, 0.717) is 36.8 Å². The fourth-order valence-electron chi connectivity index (χ4n) is 4.30. The average molecular weight is 484 g/mol. The Labute approximate surface area is 202 Å². The molecule has 8 heteroatoms. The lowest BCUT2D eigenvalue weighted by atomic mass is 9.89. The molecule has 2 heterocycles. The van der Waals surface area contributed by atoms with Gasteiger partial charge in [-0.05, 0) is 61.3 Å². The molecule has 1 atom stereocenters. The van der Waals surface area contributed by atoms with E-state index < -0.39 is 0 Å². The number of thiophene rings is 1. The van der Waals surface area contributed by atoms with Gasteiger partial charge in [0, 0.05) is 23.6 Å². The fraction of sp³-hybridized carbons (Fsp3) is 0.480. The van der Waals surface area contributed by atoms with Crippen molar-refractivity contribution in [2.75, 3.05) is 20.0 Å². The van der Waals surface area contributed by atoms with Crippen molar-refractivity contribution in [3.05, 3.63) is 44.6 Å². The summed E-state index contributed by atoms with van der Waals surface area (Å²) in [4.78, 5) is 20.9. The zero-order valence-corrected chi connectivity index (χ0v) is 21.0. The monoisotopic (exact) mass is 483 g/mol. The fourth-order valence-corrected chi connectivity index (χ4v) is 6.69. The lowest BCUT2D eigenvalue weighted by Crippen LogP contribution is -2.25. The predicted molar refractivity (Wildman–Crippen MR) is 134 cm³/mol. The van der Waals surface area contributed by atoms with E-state index in [2.05, 4.69) is 13.0 Å². The summed E-state index contributed by atoms with van der Waals surface area (Å²) in [5, 5.41) is 10.4. The van der Waals surface area contributed by atoms with Gasteiger partial charge in [0.05, 0.1) is 25.7 Å². The summed E-state index contributed by atoms with van der Waals surface area (Å²) < 4.78 is 12.6. The minimum absolute atomic E-state index is 0.0651. The van der Waals surface area contributed by atoms with E-state index in [1.54, 1.807) is 37.3 Å². The van der Waals surface area contributed by atoms with Gasteiger partial charge in [-0.2, -0.15) is 5.26 Å². The standard InChI is InChI=1S/C25H29N3O3S2/c1-16-6-8-18-21(14-16)33-23-22(18)24(29)28(25(27-23)32-13-5-4-11-26)12-10-17-7-9-19(30-2)20(15-17)31-3/h7,9,15-16H,4-6,8,10,12-14H2,1-3H3. The second kappa shape index (κ2) is 10.6. The molecule has 0 N–H and O–H groups in total. The number of nitrogens with zero attached hydrogens (tertiary/aromatic N) is 3. The van der Waals surface area contributed by atoms with Crippen molar-refractivity contribution >= 4 is 33.3 Å². The van der Waals surface area contributed by atoms with E-state index >= 15 is 0 Å². The molecule has 0 saturated carbocycles. The van der Waals surface area contributed by atoms with E-state index in [4.69, 9.17) is 19.7 Å². The van der Waals surface area contributed by atoms with Gasteiger partial charge in [0.2, 0.25) is 0 Å². The highest BCUT2D eigenvalue weighted by molar-refractivity contribution is 7.99. The van der Waals surface area contributed by atoms with Crippen molar-refractivity contribution in [2.24, 2.45) is 5.92 Å². The minimum atomic E-state index is 0.0651. The van der Waals surface area contributed by atoms with Crippen LogP contribution in [0.25, 0.3) is 10.2 Å². The molecule has 174 valence electrons. The number of aromatic nitrogens is 2. The Hall–Kier alpha value is -2.50. The molecule has 1 aromatic carbocycles. The third kappa shape index (κ3) is 5.04. The molecular formula is C25H29N3O3S2. The van der Waals surface area contributed by atoms with Crippen LogP contribution in [0.15, 0.2) is 28.2 Å². The van der Waals surface area contributed by atoms with Crippen molar-refractivity contribution in [3.8, 4) is 17.6 Å². The van der Waals surface area contributed by atoms with Crippen LogP contribution in [0.1, 0.15) is 42.2 Å². The first-order valence-corrected chi connectivity index (χ1v) is 13.1. The number of methoxy groups -OCH3 is 2. The maximum absolute atomic E-state index is 13.7. The second-order valence-electron chi connectivity index (χ2n) is 8.43. The van der Waals surface area contributed by atoms with Gasteiger partial charge in [-0.3, -0.25) is 9.36 Å². The summed E-state index contributed by atoms with van der Waals surface area (Å²) in [6.45, 7) is 2.82. The van der Waals surface area contributed by atoms with Crippen LogP contribution in [-0.4, -0.2) is 29.5 Å². The molecule has 1 unspecified atom stereocenters. The number of ether oxygens (including phenoxy) is 2. The van der Waals surface area contributed by atoms with E-state index in [0.717, 1.165) is 52.4 Å². The number of hydrogen-bond donors (Lipinski definition) is 0. The van der Waals surface area contributed by atoms with Crippen LogP contribution in [-0.2, 0) is 25.8 Å². The number of aryl methyl sites for hydroxylation is 2. The maximum atomic E-state index is 13.7. The lowest BCUT2D eigenvalue weighted by molar-refractivity contribution is 0.354. The number of rotatable bonds is 9. The topological polar surface area (TPSA) is 77.1 Å². The Bertz CT molecular complexity index is 1240. The summed E-state index contributed by atoms with van der Waals surface area (Å²) >= 11 is 3.26. The molecule has 2 aromatic heterocycles. The number of fused-ring (bicyclic) bond motifs is 3. The van der Waals surface area contributed by atoms with Crippen molar-refractivity contribution in [2.45, 2.75) is 57.1 Å². The van der Waals surface area contributed by atoms with Gasteiger partial charge in [0.15, 0.2) is 16.7 Å². The van der Waals surface area contributed by atoms with Crippen molar-refractivity contribution in [1.29, 1.82) is 5.26 Å². The highest BCUT2D eigenvalue weighted by Crippen LogP contribution is 2.36. The molecule has 4 rings (SSSR count). The van der Waals surface area contributed by atoms with Crippen molar-refractivity contribution in [3.63, 3.8) is 0 Å². The quantitative estimate of drug-likeness (QED) is 0.235. The molecule has 6 nitrogen and oxygen atoms in total. The molecule has 0 radical (unpaired) electrons. The van der Waals surface area contributed by atoms with Gasteiger partial charge in [-0.25, -0.2) is 4.98 Å². The Morgan fingerprint density at radius 3 is 2.88 bits per heavy atom. The van der Waals surface area contributed by atoms with Gasteiger partial charge in [0.1, 0.15) is 4.83 Å². The first kappa shape index (κ1) is 23.7. The largest absolute Gasteiger partial charge is 0.493 e. The molecule has 1 aliphatic carbocycles. The van der Waals surface area contributed by atoms with Gasteiger partial charge in [-0.15, -0.1) is 11.3 Å². The molecule has 0 fully saturated rings. The van der Waals surface area contributed by atoms with Crippen LogP contribution in [0, 0.1) is 17.2 Å². The first-order valence-electron chi connectivity index (χ1n) is 11.3. The second-order valence-corrected chi connectivity index (χ2v) is 10.6. The van der Waals surface area contributed by atoms with Gasteiger partial charge in [-0.1, -0.05) is 24.8 Å². The number of thioether (sulfide) groups is 1. The molecule has 0 amide bonds. The molecule has 1 aliphatic rings. The Morgan fingerprint density at radius 1 is 1.30 bits per heavy atom. The van der Waals surface area contributed by atoms with Crippen LogP contribution in [0.3, 0.4) is 0 Å². The maximum Gasteiger partial charge on any atom is 0.263 e. The molecule has 0 saturated heterocycles. The summed E-state index contributed by atoms with van der Waals surface area (Å²) in [7, 11) is 3.25. The third-order valence-corrected chi connectivity index (χ3v) is 8.33. The Morgan fingerprint density at radius 2 is 2.12 bits per heavy atom. The van der Waals surface area contributed by atoms with Crippen LogP contribution >= 0.6 is 23.1 Å². The van der Waals surface area contributed by atoms with Crippen LogP contribution < -0.4 is 15.0 Å². The highest BCUT2D eigenvalue weighted by atomic mass is 32.2. The summed E-state index contributed by atoms with van der Waals surface area (Å²) in [6, 6.07) is 8.05. The zero-order valence-electron chi connectivity index (χ0n) is 19.3. The van der Waals surface area contributed by atoms with Crippen LogP contribution in [0.4, 0.5) is 0 Å². The lowest BCUT2D eigenvalue weighted by Gasteiger charge is -2.18. The highest BCUT2D eigenvalue weighted by Gasteiger charge is 2.24. The zero-order chi connectivity index (χ0) is 23.4. The molecule has 3 aromatic rings. The summed E-state index contributed by atoms with van der Waals surface area (Å²) in [5.74, 6) is 2.79. The SMILES string of the molecule is COc1ccc(CCn2c(SCCCC#N)nc3sc4c(c3c2=O)CCC(C)C4)cc1OC. The van der Waals surface area contributed by atoms with E-state index in [1.165, 1.54) is 10.4 Å². The van der Waals surface area contributed by atoms with Gasteiger partial charge >= 0.3 is 0 Å². The predicted octanol–water partition coefficient (Wildman–Crippen LogP) is 5.24. The number of hydrogen-bond acceptors (Lipinski definition) is 7. The van der Waals surface area contributed by atoms with Gasteiger partial charge in [0.25, 0.3) is 5.56 Å². The summed E-state index contributed by atoms with van der Waals surface area (Å²) in [5.41, 5.74) is 2.35. The van der Waals surface area contributed by atoms with Crippen molar-refractivity contribution in [1.82, 2.24) is 9.55 Å². The Kier molecular flexibility index (Phi) is 7.61. The third-order valence-electron chi connectivity index (χ3n) is 6.12. The van der Waals surface area contributed by atoms with E-state index in [1.807, 2.05) is 22.8 Å². The average Bonchev–Trinajstić information content (AvgIpc) is 3.18. The minimum Gasteiger partial charge on any atom is -0.493 e.